The molecule has 1 aromatic heterocycles. The number of aromatic nitrogens is 1. The zero-order valence-electron chi connectivity index (χ0n) is 14.1. The van der Waals surface area contributed by atoms with Crippen molar-refractivity contribution >= 4 is 22.5 Å². The molecule has 3 rings (SSSR count). The van der Waals surface area contributed by atoms with Crippen molar-refractivity contribution in [1.82, 2.24) is 4.98 Å². The summed E-state index contributed by atoms with van der Waals surface area (Å²) in [5.74, 6) is -0.857. The number of rotatable bonds is 4. The Morgan fingerprint density at radius 1 is 1.16 bits per heavy atom. The third-order valence-corrected chi connectivity index (χ3v) is 4.30. The van der Waals surface area contributed by atoms with Gasteiger partial charge in [-0.05, 0) is 54.6 Å². The third kappa shape index (κ3) is 3.60. The Labute approximate surface area is 144 Å². The van der Waals surface area contributed by atoms with Crippen LogP contribution in [0.1, 0.15) is 30.4 Å². The molecule has 128 valence electrons. The summed E-state index contributed by atoms with van der Waals surface area (Å²) in [6, 6.07) is 13.2. The summed E-state index contributed by atoms with van der Waals surface area (Å²) in [6.07, 6.45) is 0.598. The Balaban J connectivity index is 1.86. The molecule has 0 saturated carbocycles. The van der Waals surface area contributed by atoms with Crippen LogP contribution in [0.2, 0.25) is 0 Å². The van der Waals surface area contributed by atoms with Crippen molar-refractivity contribution in [3.8, 4) is 0 Å². The van der Waals surface area contributed by atoms with Gasteiger partial charge in [-0.25, -0.2) is 4.39 Å². The highest BCUT2D eigenvalue weighted by atomic mass is 19.1. The Hall–Kier alpha value is -2.95. The number of anilines is 1. The second-order valence-corrected chi connectivity index (χ2v) is 6.09. The molecule has 25 heavy (non-hydrogen) atoms. The Bertz CT molecular complexity index is 977. The summed E-state index contributed by atoms with van der Waals surface area (Å²) >= 11 is 0. The molecule has 0 aliphatic heterocycles. The molecule has 1 atom stereocenters. The quantitative estimate of drug-likeness (QED) is 0.752. The normalized spacial score (nSPS) is 12.1. The minimum atomic E-state index is -0.367. The first-order valence-corrected chi connectivity index (χ1v) is 8.18. The zero-order valence-corrected chi connectivity index (χ0v) is 14.1. The SMILES string of the molecule is CCC(C(=O)Nc1ccc2cc(C)c(=O)[nH]c2c1)c1ccc(F)cc1. The fraction of sp³-hybridized carbons (Fsp3) is 0.200. The predicted molar refractivity (Wildman–Crippen MR) is 97.4 cm³/mol. The predicted octanol–water partition coefficient (Wildman–Crippen LogP) is 4.11. The van der Waals surface area contributed by atoms with Crippen LogP contribution in [-0.2, 0) is 4.79 Å². The van der Waals surface area contributed by atoms with E-state index in [4.69, 9.17) is 0 Å². The highest BCUT2D eigenvalue weighted by Crippen LogP contribution is 2.23. The number of aromatic amines is 1. The molecule has 4 nitrogen and oxygen atoms in total. The molecular formula is C20H19FN2O2. The molecule has 0 saturated heterocycles. The Morgan fingerprint density at radius 2 is 1.88 bits per heavy atom. The number of nitrogens with one attached hydrogen (secondary N) is 2. The lowest BCUT2D eigenvalue weighted by atomic mass is 9.95. The number of hydrogen-bond acceptors (Lipinski definition) is 2. The number of carbonyl (C=O) groups is 1. The molecule has 1 amide bonds. The van der Waals surface area contributed by atoms with E-state index in [-0.39, 0.29) is 23.2 Å². The minimum Gasteiger partial charge on any atom is -0.325 e. The number of hydrogen-bond donors (Lipinski definition) is 2. The summed E-state index contributed by atoms with van der Waals surface area (Å²) in [6.45, 7) is 3.66. The molecule has 0 aliphatic rings. The largest absolute Gasteiger partial charge is 0.325 e. The number of aryl methyl sites for hydroxylation is 1. The topological polar surface area (TPSA) is 62.0 Å². The molecule has 1 heterocycles. The maximum atomic E-state index is 13.1. The number of fused-ring (bicyclic) bond motifs is 1. The maximum absolute atomic E-state index is 13.1. The summed E-state index contributed by atoms with van der Waals surface area (Å²) in [5.41, 5.74) is 2.55. The fourth-order valence-electron chi connectivity index (χ4n) is 2.88. The van der Waals surface area contributed by atoms with E-state index >= 15 is 0 Å². The third-order valence-electron chi connectivity index (χ3n) is 4.30. The van der Waals surface area contributed by atoms with Crippen LogP contribution < -0.4 is 10.9 Å². The van der Waals surface area contributed by atoms with Crippen molar-refractivity contribution in [3.63, 3.8) is 0 Å². The molecule has 2 aromatic carbocycles. The van der Waals surface area contributed by atoms with E-state index in [2.05, 4.69) is 10.3 Å². The summed E-state index contributed by atoms with van der Waals surface area (Å²) in [4.78, 5) is 27.2. The summed E-state index contributed by atoms with van der Waals surface area (Å²) in [5, 5.41) is 3.78. The Kier molecular flexibility index (Phi) is 4.65. The second-order valence-electron chi connectivity index (χ2n) is 6.09. The highest BCUT2D eigenvalue weighted by Gasteiger charge is 2.19. The van der Waals surface area contributed by atoms with Gasteiger partial charge in [0.15, 0.2) is 0 Å². The van der Waals surface area contributed by atoms with Gasteiger partial charge in [-0.15, -0.1) is 0 Å². The van der Waals surface area contributed by atoms with Crippen LogP contribution in [-0.4, -0.2) is 10.9 Å². The van der Waals surface area contributed by atoms with E-state index in [0.29, 0.717) is 23.2 Å². The molecule has 1 unspecified atom stereocenters. The lowest BCUT2D eigenvalue weighted by molar-refractivity contribution is -0.117. The molecule has 0 aliphatic carbocycles. The minimum absolute atomic E-state index is 0.145. The number of pyridine rings is 1. The van der Waals surface area contributed by atoms with Crippen LogP contribution in [0.15, 0.2) is 53.3 Å². The van der Waals surface area contributed by atoms with Crippen LogP contribution >= 0.6 is 0 Å². The lowest BCUT2D eigenvalue weighted by Gasteiger charge is -2.16. The molecule has 0 fully saturated rings. The van der Waals surface area contributed by atoms with Crippen molar-refractivity contribution in [2.45, 2.75) is 26.2 Å². The van der Waals surface area contributed by atoms with Gasteiger partial charge in [0, 0.05) is 11.3 Å². The summed E-state index contributed by atoms with van der Waals surface area (Å²) in [7, 11) is 0. The van der Waals surface area contributed by atoms with E-state index < -0.39 is 0 Å². The van der Waals surface area contributed by atoms with Gasteiger partial charge in [-0.1, -0.05) is 25.1 Å². The molecule has 5 heteroatoms. The maximum Gasteiger partial charge on any atom is 0.251 e. The highest BCUT2D eigenvalue weighted by molar-refractivity contribution is 5.97. The standard InChI is InChI=1S/C20H19FN2O2/c1-3-17(13-4-7-15(21)8-5-13)20(25)22-16-9-6-14-10-12(2)19(24)23-18(14)11-16/h4-11,17H,3H2,1-2H3,(H,22,25)(H,23,24). The molecule has 2 N–H and O–H groups in total. The first-order chi connectivity index (χ1) is 12.0. The van der Waals surface area contributed by atoms with Gasteiger partial charge in [-0.2, -0.15) is 0 Å². The smallest absolute Gasteiger partial charge is 0.251 e. The molecule has 3 aromatic rings. The average Bonchev–Trinajstić information content (AvgIpc) is 2.58. The molecule has 0 radical (unpaired) electrons. The van der Waals surface area contributed by atoms with Crippen molar-refractivity contribution in [2.75, 3.05) is 5.32 Å². The van der Waals surface area contributed by atoms with Gasteiger partial charge in [0.25, 0.3) is 5.56 Å². The van der Waals surface area contributed by atoms with Crippen LogP contribution in [0, 0.1) is 12.7 Å². The fourth-order valence-corrected chi connectivity index (χ4v) is 2.88. The van der Waals surface area contributed by atoms with Crippen LogP contribution in [0.5, 0.6) is 0 Å². The average molecular weight is 338 g/mol. The van der Waals surface area contributed by atoms with Crippen LogP contribution in [0.25, 0.3) is 10.9 Å². The van der Waals surface area contributed by atoms with E-state index in [9.17, 15) is 14.0 Å². The molecule has 0 bridgehead atoms. The summed E-state index contributed by atoms with van der Waals surface area (Å²) < 4.78 is 13.1. The molecular weight excluding hydrogens is 319 g/mol. The van der Waals surface area contributed by atoms with Gasteiger partial charge in [-0.3, -0.25) is 9.59 Å². The Morgan fingerprint density at radius 3 is 2.56 bits per heavy atom. The van der Waals surface area contributed by atoms with Crippen molar-refractivity contribution in [3.05, 3.63) is 75.8 Å². The van der Waals surface area contributed by atoms with E-state index in [1.54, 1.807) is 31.2 Å². The van der Waals surface area contributed by atoms with Gasteiger partial charge in [0.05, 0.1) is 11.4 Å². The first-order valence-electron chi connectivity index (χ1n) is 8.18. The number of amides is 1. The van der Waals surface area contributed by atoms with Gasteiger partial charge < -0.3 is 10.3 Å². The van der Waals surface area contributed by atoms with Gasteiger partial charge >= 0.3 is 0 Å². The van der Waals surface area contributed by atoms with E-state index in [1.807, 2.05) is 19.1 Å². The van der Waals surface area contributed by atoms with Crippen molar-refractivity contribution < 1.29 is 9.18 Å². The van der Waals surface area contributed by atoms with E-state index in [0.717, 1.165) is 10.9 Å². The van der Waals surface area contributed by atoms with Gasteiger partial charge in [0.2, 0.25) is 5.91 Å². The van der Waals surface area contributed by atoms with Crippen LogP contribution in [0.3, 0.4) is 0 Å². The lowest BCUT2D eigenvalue weighted by Crippen LogP contribution is -2.20. The van der Waals surface area contributed by atoms with E-state index in [1.165, 1.54) is 12.1 Å². The number of H-pyrrole nitrogens is 1. The van der Waals surface area contributed by atoms with Crippen molar-refractivity contribution in [2.24, 2.45) is 0 Å². The number of halogens is 1. The van der Waals surface area contributed by atoms with Crippen molar-refractivity contribution in [1.29, 1.82) is 0 Å². The van der Waals surface area contributed by atoms with Gasteiger partial charge in [0.1, 0.15) is 5.82 Å². The second kappa shape index (κ2) is 6.89. The first kappa shape index (κ1) is 16.9. The number of carbonyl (C=O) groups excluding carboxylic acids is 1. The molecule has 0 spiro atoms. The zero-order chi connectivity index (χ0) is 18.0. The van der Waals surface area contributed by atoms with Crippen LogP contribution in [0.4, 0.5) is 10.1 Å². The monoisotopic (exact) mass is 338 g/mol. The number of benzene rings is 2.